The van der Waals surface area contributed by atoms with E-state index in [0.717, 1.165) is 17.3 Å². The highest BCUT2D eigenvalue weighted by atomic mass is 35.5. The lowest BCUT2D eigenvalue weighted by Gasteiger charge is -2.02. The molecule has 25 heavy (non-hydrogen) atoms. The average molecular weight is 350 g/mol. The highest BCUT2D eigenvalue weighted by Gasteiger charge is 2.43. The molecule has 1 aromatic heterocycles. The van der Waals surface area contributed by atoms with Gasteiger partial charge < -0.3 is 0 Å². The maximum absolute atomic E-state index is 12.2. The van der Waals surface area contributed by atoms with Crippen LogP contribution in [-0.4, -0.2) is 17.1 Å². The molecule has 0 aliphatic heterocycles. The number of rotatable bonds is 4. The number of nitrogens with one attached hydrogen (secondary N) is 1. The van der Waals surface area contributed by atoms with Crippen molar-refractivity contribution >= 4 is 34.6 Å². The number of carbonyl (C=O) groups is 1. The van der Waals surface area contributed by atoms with Crippen LogP contribution in [0, 0.1) is 5.92 Å². The average Bonchev–Trinajstić information content (AvgIpc) is 3.44. The lowest BCUT2D eigenvalue weighted by molar-refractivity contribution is -0.122. The number of fused-ring (bicyclic) bond motifs is 1. The summed E-state index contributed by atoms with van der Waals surface area (Å²) in [5, 5.41) is 5.39. The predicted molar refractivity (Wildman–Crippen MR) is 99.8 cm³/mol. The van der Waals surface area contributed by atoms with Gasteiger partial charge in [-0.15, -0.1) is 0 Å². The summed E-state index contributed by atoms with van der Waals surface area (Å²) in [5.41, 5.74) is 5.32. The third-order valence-corrected chi connectivity index (χ3v) is 4.74. The summed E-state index contributed by atoms with van der Waals surface area (Å²) in [6, 6.07) is 19.7. The van der Waals surface area contributed by atoms with Crippen LogP contribution in [0.3, 0.4) is 0 Å². The Morgan fingerprint density at radius 2 is 1.92 bits per heavy atom. The van der Waals surface area contributed by atoms with Gasteiger partial charge in [0.15, 0.2) is 0 Å². The molecule has 1 aliphatic rings. The fourth-order valence-corrected chi connectivity index (χ4v) is 3.20. The third kappa shape index (κ3) is 3.39. The van der Waals surface area contributed by atoms with E-state index < -0.39 is 0 Å². The molecule has 1 fully saturated rings. The summed E-state index contributed by atoms with van der Waals surface area (Å²) < 4.78 is 0. The molecule has 1 amide bonds. The largest absolute Gasteiger partial charge is 0.273 e. The monoisotopic (exact) mass is 349 g/mol. The number of carbonyl (C=O) groups excluding carboxylic acids is 1. The van der Waals surface area contributed by atoms with Gasteiger partial charge in [-0.05, 0) is 30.0 Å². The van der Waals surface area contributed by atoms with Gasteiger partial charge in [0.1, 0.15) is 5.15 Å². The molecule has 1 saturated carbocycles. The number of hydrogen-bond donors (Lipinski definition) is 1. The van der Waals surface area contributed by atoms with Crippen molar-refractivity contribution in [3.63, 3.8) is 0 Å². The molecule has 4 nitrogen and oxygen atoms in total. The Hall–Kier alpha value is -2.72. The van der Waals surface area contributed by atoms with Crippen LogP contribution in [0.1, 0.15) is 23.5 Å². The summed E-state index contributed by atoms with van der Waals surface area (Å²) in [6.45, 7) is 0. The topological polar surface area (TPSA) is 54.4 Å². The van der Waals surface area contributed by atoms with Crippen LogP contribution in [0.25, 0.3) is 10.9 Å². The number of para-hydroxylation sites is 1. The molecule has 2 atom stereocenters. The zero-order chi connectivity index (χ0) is 17.2. The highest BCUT2D eigenvalue weighted by molar-refractivity contribution is 6.32. The molecule has 1 heterocycles. The standard InChI is InChI=1S/C20H16ClN3O/c21-19-15(10-14-8-4-5-9-18(14)23-19)12-22-24-20(25)17-11-16(17)13-6-2-1-3-7-13/h1-10,12,16-17H,11H2,(H,24,25)/b22-12-/t16-,17+/m1/s1. The van der Waals surface area contributed by atoms with Crippen LogP contribution < -0.4 is 5.43 Å². The van der Waals surface area contributed by atoms with Crippen molar-refractivity contribution in [1.29, 1.82) is 0 Å². The minimum atomic E-state index is -0.0602. The zero-order valence-corrected chi connectivity index (χ0v) is 14.1. The van der Waals surface area contributed by atoms with E-state index in [9.17, 15) is 4.79 Å². The van der Waals surface area contributed by atoms with E-state index in [0.29, 0.717) is 16.6 Å². The van der Waals surface area contributed by atoms with E-state index in [2.05, 4.69) is 27.6 Å². The molecule has 1 N–H and O–H groups in total. The first-order valence-electron chi connectivity index (χ1n) is 8.15. The zero-order valence-electron chi connectivity index (χ0n) is 13.4. The van der Waals surface area contributed by atoms with Crippen LogP contribution in [0.2, 0.25) is 5.15 Å². The number of benzene rings is 2. The Kier molecular flexibility index (Phi) is 4.20. The number of pyridine rings is 1. The highest BCUT2D eigenvalue weighted by Crippen LogP contribution is 2.47. The second kappa shape index (κ2) is 6.65. The molecule has 0 unspecified atom stereocenters. The molecule has 0 radical (unpaired) electrons. The minimum Gasteiger partial charge on any atom is -0.273 e. The number of hydrazone groups is 1. The first-order chi connectivity index (χ1) is 12.2. The first-order valence-corrected chi connectivity index (χ1v) is 8.53. The van der Waals surface area contributed by atoms with Gasteiger partial charge in [0, 0.05) is 16.9 Å². The second-order valence-corrected chi connectivity index (χ2v) is 6.51. The number of nitrogens with zero attached hydrogens (tertiary/aromatic N) is 2. The van der Waals surface area contributed by atoms with Crippen molar-refractivity contribution in [1.82, 2.24) is 10.4 Å². The van der Waals surface area contributed by atoms with Crippen molar-refractivity contribution in [2.45, 2.75) is 12.3 Å². The van der Waals surface area contributed by atoms with Crippen LogP contribution in [0.4, 0.5) is 0 Å². The number of aromatic nitrogens is 1. The molecule has 0 saturated heterocycles. The molecule has 5 heteroatoms. The van der Waals surface area contributed by atoms with E-state index >= 15 is 0 Å². The molecule has 124 valence electrons. The number of amides is 1. The van der Waals surface area contributed by atoms with E-state index in [1.165, 1.54) is 5.56 Å². The predicted octanol–water partition coefficient (Wildman–Crippen LogP) is 4.14. The fourth-order valence-electron chi connectivity index (χ4n) is 3.00. The normalized spacial score (nSPS) is 19.2. The maximum Gasteiger partial charge on any atom is 0.243 e. The number of halogens is 1. The van der Waals surface area contributed by atoms with Gasteiger partial charge in [-0.25, -0.2) is 10.4 Å². The third-order valence-electron chi connectivity index (χ3n) is 4.44. The summed E-state index contributed by atoms with van der Waals surface area (Å²) in [6.07, 6.45) is 2.41. The van der Waals surface area contributed by atoms with E-state index in [1.807, 2.05) is 48.5 Å². The van der Waals surface area contributed by atoms with Crippen LogP contribution in [-0.2, 0) is 4.79 Å². The second-order valence-electron chi connectivity index (χ2n) is 6.15. The van der Waals surface area contributed by atoms with E-state index in [4.69, 9.17) is 11.6 Å². The summed E-state index contributed by atoms with van der Waals surface area (Å²) >= 11 is 6.18. The Bertz CT molecular complexity index is 956. The van der Waals surface area contributed by atoms with Crippen LogP contribution in [0.15, 0.2) is 65.8 Å². The van der Waals surface area contributed by atoms with Gasteiger partial charge in [-0.3, -0.25) is 4.79 Å². The Morgan fingerprint density at radius 1 is 1.16 bits per heavy atom. The summed E-state index contributed by atoms with van der Waals surface area (Å²) in [4.78, 5) is 16.5. The van der Waals surface area contributed by atoms with Gasteiger partial charge in [0.25, 0.3) is 0 Å². The lowest BCUT2D eigenvalue weighted by Crippen LogP contribution is -2.20. The molecule has 2 aromatic carbocycles. The molecule has 0 bridgehead atoms. The molecular formula is C20H16ClN3O. The van der Waals surface area contributed by atoms with Crippen molar-refractivity contribution < 1.29 is 4.79 Å². The molecule has 0 spiro atoms. The van der Waals surface area contributed by atoms with Crippen molar-refractivity contribution in [2.24, 2.45) is 11.0 Å². The Balaban J connectivity index is 1.42. The maximum atomic E-state index is 12.2. The Labute approximate surface area is 150 Å². The van der Waals surface area contributed by atoms with Gasteiger partial charge in [0.2, 0.25) is 5.91 Å². The summed E-state index contributed by atoms with van der Waals surface area (Å²) in [5.74, 6) is 0.224. The molecule has 4 rings (SSSR count). The lowest BCUT2D eigenvalue weighted by atomic mass is 10.1. The van der Waals surface area contributed by atoms with Gasteiger partial charge in [-0.1, -0.05) is 60.1 Å². The van der Waals surface area contributed by atoms with Gasteiger partial charge in [-0.2, -0.15) is 5.10 Å². The molecular weight excluding hydrogens is 334 g/mol. The minimum absolute atomic E-state index is 0.00949. The number of hydrogen-bond acceptors (Lipinski definition) is 3. The van der Waals surface area contributed by atoms with Gasteiger partial charge >= 0.3 is 0 Å². The summed E-state index contributed by atoms with van der Waals surface area (Å²) in [7, 11) is 0. The van der Waals surface area contributed by atoms with Crippen LogP contribution >= 0.6 is 11.6 Å². The molecule has 1 aliphatic carbocycles. The smallest absolute Gasteiger partial charge is 0.243 e. The molecule has 3 aromatic rings. The quantitative estimate of drug-likeness (QED) is 0.437. The van der Waals surface area contributed by atoms with Gasteiger partial charge in [0.05, 0.1) is 11.7 Å². The van der Waals surface area contributed by atoms with E-state index in [-0.39, 0.29) is 11.8 Å². The van der Waals surface area contributed by atoms with Crippen molar-refractivity contribution in [3.05, 3.63) is 76.9 Å². The first kappa shape index (κ1) is 15.8. The van der Waals surface area contributed by atoms with Crippen molar-refractivity contribution in [3.8, 4) is 0 Å². The van der Waals surface area contributed by atoms with E-state index in [1.54, 1.807) is 6.21 Å². The fraction of sp³-hybridized carbons (Fsp3) is 0.150. The Morgan fingerprint density at radius 3 is 2.76 bits per heavy atom. The SMILES string of the molecule is O=C(N/N=C\c1cc2ccccc2nc1Cl)[C@H]1C[C@@H]1c1ccccc1. The van der Waals surface area contributed by atoms with Crippen LogP contribution in [0.5, 0.6) is 0 Å². The van der Waals surface area contributed by atoms with Crippen molar-refractivity contribution in [2.75, 3.05) is 0 Å².